The molecule has 1 saturated carbocycles. The van der Waals surface area contributed by atoms with Crippen molar-refractivity contribution in [1.29, 1.82) is 0 Å². The number of anilines is 1. The van der Waals surface area contributed by atoms with E-state index < -0.39 is 0 Å². The number of hydrogen-bond donors (Lipinski definition) is 1. The van der Waals surface area contributed by atoms with Crippen molar-refractivity contribution in [3.8, 4) is 0 Å². The fraction of sp³-hybridized carbons (Fsp3) is 0.667. The Hall–Kier alpha value is -0.840. The van der Waals surface area contributed by atoms with Crippen molar-refractivity contribution < 1.29 is 4.74 Å². The number of aromatic nitrogens is 1. The highest BCUT2D eigenvalue weighted by atomic mass is 35.5. The maximum absolute atomic E-state index is 6.16. The second kappa shape index (κ2) is 7.81. The van der Waals surface area contributed by atoms with Gasteiger partial charge in [0, 0.05) is 26.7 Å². The zero-order valence-electron chi connectivity index (χ0n) is 12.4. The molecular formula is C15H24ClN3O. The molecule has 1 N–H and O–H groups in total. The fourth-order valence-corrected chi connectivity index (χ4v) is 2.08. The number of hydrogen-bond acceptors (Lipinski definition) is 4. The van der Waals surface area contributed by atoms with Gasteiger partial charge in [-0.25, -0.2) is 4.98 Å². The number of nitrogens with one attached hydrogen (secondary N) is 1. The average molecular weight is 298 g/mol. The SMILES string of the molecule is CCNCc1nc(N(C)CCOCC2CC2)ccc1Cl. The molecule has 5 heteroatoms. The number of halogens is 1. The third-order valence-corrected chi connectivity index (χ3v) is 3.80. The van der Waals surface area contributed by atoms with E-state index in [1.54, 1.807) is 0 Å². The molecule has 0 saturated heterocycles. The number of rotatable bonds is 9. The molecule has 0 amide bonds. The van der Waals surface area contributed by atoms with Gasteiger partial charge in [0.1, 0.15) is 5.82 Å². The lowest BCUT2D eigenvalue weighted by Gasteiger charge is -2.19. The van der Waals surface area contributed by atoms with Crippen LogP contribution in [0, 0.1) is 5.92 Å². The minimum absolute atomic E-state index is 0.704. The van der Waals surface area contributed by atoms with Gasteiger partial charge in [-0.15, -0.1) is 0 Å². The smallest absolute Gasteiger partial charge is 0.128 e. The highest BCUT2D eigenvalue weighted by Crippen LogP contribution is 2.28. The summed E-state index contributed by atoms with van der Waals surface area (Å²) in [6.07, 6.45) is 2.67. The first-order valence-corrected chi connectivity index (χ1v) is 7.73. The predicted molar refractivity (Wildman–Crippen MR) is 83.4 cm³/mol. The van der Waals surface area contributed by atoms with Crippen LogP contribution >= 0.6 is 11.6 Å². The van der Waals surface area contributed by atoms with Crippen LogP contribution in [-0.4, -0.2) is 38.3 Å². The van der Waals surface area contributed by atoms with Crippen molar-refractivity contribution in [1.82, 2.24) is 10.3 Å². The summed E-state index contributed by atoms with van der Waals surface area (Å²) in [6, 6.07) is 3.87. The Morgan fingerprint density at radius 2 is 2.25 bits per heavy atom. The summed E-state index contributed by atoms with van der Waals surface area (Å²) < 4.78 is 5.66. The van der Waals surface area contributed by atoms with Crippen LogP contribution in [0.25, 0.3) is 0 Å². The first kappa shape index (κ1) is 15.5. The van der Waals surface area contributed by atoms with E-state index in [9.17, 15) is 0 Å². The Morgan fingerprint density at radius 1 is 1.45 bits per heavy atom. The largest absolute Gasteiger partial charge is 0.379 e. The number of pyridine rings is 1. The van der Waals surface area contributed by atoms with Gasteiger partial charge in [-0.2, -0.15) is 0 Å². The lowest BCUT2D eigenvalue weighted by molar-refractivity contribution is 0.131. The van der Waals surface area contributed by atoms with Gasteiger partial charge in [-0.3, -0.25) is 0 Å². The van der Waals surface area contributed by atoms with Crippen LogP contribution in [0.15, 0.2) is 12.1 Å². The van der Waals surface area contributed by atoms with Gasteiger partial charge in [-0.05, 0) is 37.4 Å². The molecule has 1 aromatic heterocycles. The lowest BCUT2D eigenvalue weighted by atomic mass is 10.3. The summed E-state index contributed by atoms with van der Waals surface area (Å²) in [5.41, 5.74) is 0.900. The van der Waals surface area contributed by atoms with Gasteiger partial charge in [0.15, 0.2) is 0 Å². The summed E-state index contributed by atoms with van der Waals surface area (Å²) in [5, 5.41) is 3.97. The van der Waals surface area contributed by atoms with Gasteiger partial charge in [0.05, 0.1) is 17.3 Å². The first-order valence-electron chi connectivity index (χ1n) is 7.35. The van der Waals surface area contributed by atoms with E-state index in [-0.39, 0.29) is 0 Å². The predicted octanol–water partition coefficient (Wildman–Crippen LogP) is 2.71. The van der Waals surface area contributed by atoms with E-state index in [1.807, 2.05) is 19.2 Å². The van der Waals surface area contributed by atoms with E-state index >= 15 is 0 Å². The lowest BCUT2D eigenvalue weighted by Crippen LogP contribution is -2.24. The molecule has 1 aromatic rings. The zero-order chi connectivity index (χ0) is 14.4. The first-order chi connectivity index (χ1) is 9.70. The van der Waals surface area contributed by atoms with Crippen LogP contribution in [0.1, 0.15) is 25.5 Å². The Bertz CT molecular complexity index is 424. The van der Waals surface area contributed by atoms with E-state index in [4.69, 9.17) is 16.3 Å². The van der Waals surface area contributed by atoms with Crippen molar-refractivity contribution >= 4 is 17.4 Å². The number of likely N-dealkylation sites (N-methyl/N-ethyl adjacent to an activating group) is 1. The molecule has 0 aliphatic heterocycles. The molecule has 1 aliphatic carbocycles. The number of ether oxygens (including phenoxy) is 1. The van der Waals surface area contributed by atoms with Crippen molar-refractivity contribution in [3.63, 3.8) is 0 Å². The second-order valence-electron chi connectivity index (χ2n) is 5.32. The molecule has 1 heterocycles. The summed E-state index contributed by atoms with van der Waals surface area (Å²) in [5.74, 6) is 1.76. The Morgan fingerprint density at radius 3 is 2.95 bits per heavy atom. The molecule has 1 fully saturated rings. The molecule has 1 aliphatic rings. The number of nitrogens with zero attached hydrogens (tertiary/aromatic N) is 2. The van der Waals surface area contributed by atoms with Crippen LogP contribution in [-0.2, 0) is 11.3 Å². The molecule has 0 aromatic carbocycles. The van der Waals surface area contributed by atoms with Crippen molar-refractivity contribution in [3.05, 3.63) is 22.8 Å². The van der Waals surface area contributed by atoms with Gasteiger partial charge in [0.2, 0.25) is 0 Å². The molecule has 0 unspecified atom stereocenters. The Balaban J connectivity index is 1.82. The van der Waals surface area contributed by atoms with Crippen LogP contribution in [0.2, 0.25) is 5.02 Å². The summed E-state index contributed by atoms with van der Waals surface area (Å²) in [4.78, 5) is 6.72. The average Bonchev–Trinajstić information content (AvgIpc) is 3.26. The highest BCUT2D eigenvalue weighted by molar-refractivity contribution is 6.31. The van der Waals surface area contributed by atoms with Crippen molar-refractivity contribution in [2.75, 3.05) is 38.3 Å². The molecule has 0 radical (unpaired) electrons. The minimum atomic E-state index is 0.704. The van der Waals surface area contributed by atoms with Crippen molar-refractivity contribution in [2.24, 2.45) is 5.92 Å². The van der Waals surface area contributed by atoms with E-state index in [0.29, 0.717) is 11.6 Å². The van der Waals surface area contributed by atoms with Crippen LogP contribution < -0.4 is 10.2 Å². The molecule has 20 heavy (non-hydrogen) atoms. The zero-order valence-corrected chi connectivity index (χ0v) is 13.1. The normalized spacial score (nSPS) is 14.6. The molecule has 0 bridgehead atoms. The Kier molecular flexibility index (Phi) is 6.07. The molecule has 4 nitrogen and oxygen atoms in total. The molecular weight excluding hydrogens is 274 g/mol. The minimum Gasteiger partial charge on any atom is -0.379 e. The van der Waals surface area contributed by atoms with E-state index in [2.05, 4.69) is 22.1 Å². The topological polar surface area (TPSA) is 37.4 Å². The fourth-order valence-electron chi connectivity index (χ4n) is 1.90. The third-order valence-electron chi connectivity index (χ3n) is 3.46. The molecule has 112 valence electrons. The van der Waals surface area contributed by atoms with Gasteiger partial charge in [0.25, 0.3) is 0 Å². The summed E-state index contributed by atoms with van der Waals surface area (Å²) in [6.45, 7) is 6.19. The standard InChI is InChI=1S/C15H24ClN3O/c1-3-17-10-14-13(16)6-7-15(18-14)19(2)8-9-20-11-12-4-5-12/h6-7,12,17H,3-5,8-11H2,1-2H3. The summed E-state index contributed by atoms with van der Waals surface area (Å²) in [7, 11) is 2.04. The molecule has 0 spiro atoms. The second-order valence-corrected chi connectivity index (χ2v) is 5.73. The summed E-state index contributed by atoms with van der Waals surface area (Å²) >= 11 is 6.16. The van der Waals surface area contributed by atoms with Crippen LogP contribution in [0.4, 0.5) is 5.82 Å². The Labute approximate surface area is 126 Å². The molecule has 2 rings (SSSR count). The van der Waals surface area contributed by atoms with Gasteiger partial charge in [-0.1, -0.05) is 18.5 Å². The monoisotopic (exact) mass is 297 g/mol. The molecule has 0 atom stereocenters. The van der Waals surface area contributed by atoms with E-state index in [0.717, 1.165) is 43.7 Å². The van der Waals surface area contributed by atoms with E-state index in [1.165, 1.54) is 12.8 Å². The van der Waals surface area contributed by atoms with Gasteiger partial charge >= 0.3 is 0 Å². The van der Waals surface area contributed by atoms with Crippen LogP contribution in [0.3, 0.4) is 0 Å². The quantitative estimate of drug-likeness (QED) is 0.711. The third kappa shape index (κ3) is 4.93. The van der Waals surface area contributed by atoms with Crippen LogP contribution in [0.5, 0.6) is 0 Å². The maximum Gasteiger partial charge on any atom is 0.128 e. The van der Waals surface area contributed by atoms with Crippen molar-refractivity contribution in [2.45, 2.75) is 26.3 Å². The maximum atomic E-state index is 6.16. The highest BCUT2D eigenvalue weighted by Gasteiger charge is 2.21. The van der Waals surface area contributed by atoms with Gasteiger partial charge < -0.3 is 15.0 Å².